The fourth-order valence-electron chi connectivity index (χ4n) is 2.10. The van der Waals surface area contributed by atoms with Crippen LogP contribution in [0.25, 0.3) is 11.3 Å². The van der Waals surface area contributed by atoms with Gasteiger partial charge in [0.05, 0.1) is 0 Å². The van der Waals surface area contributed by atoms with E-state index in [4.69, 9.17) is 0 Å². The number of benzene rings is 1. The van der Waals surface area contributed by atoms with Crippen molar-refractivity contribution >= 4 is 0 Å². The minimum absolute atomic E-state index is 0.323. The number of rotatable bonds is 4. The molecule has 1 N–H and O–H groups in total. The van der Waals surface area contributed by atoms with Crippen LogP contribution in [0.5, 0.6) is 5.75 Å². The van der Waals surface area contributed by atoms with Crippen LogP contribution in [0.1, 0.15) is 26.5 Å². The molecule has 96 valence electrons. The van der Waals surface area contributed by atoms with E-state index < -0.39 is 0 Å². The van der Waals surface area contributed by atoms with E-state index >= 15 is 0 Å². The summed E-state index contributed by atoms with van der Waals surface area (Å²) in [6.07, 6.45) is 0.747. The van der Waals surface area contributed by atoms with Gasteiger partial charge in [0.15, 0.2) is 5.75 Å². The molecule has 0 unspecified atom stereocenters. The molecule has 1 aromatic heterocycles. The van der Waals surface area contributed by atoms with E-state index in [1.165, 1.54) is 0 Å². The molecule has 2 aromatic rings. The summed E-state index contributed by atoms with van der Waals surface area (Å²) in [5.41, 5.74) is 2.62. The third-order valence-electron chi connectivity index (χ3n) is 2.92. The summed E-state index contributed by atoms with van der Waals surface area (Å²) in [4.78, 5) is 0. The summed E-state index contributed by atoms with van der Waals surface area (Å²) in [5.74, 6) is 0.820. The third kappa shape index (κ3) is 2.40. The molecule has 0 saturated heterocycles. The van der Waals surface area contributed by atoms with Gasteiger partial charge in [-0.05, 0) is 12.3 Å². The highest BCUT2D eigenvalue weighted by atomic mass is 16.3. The topological polar surface area (TPSA) is 38.0 Å². The highest BCUT2D eigenvalue weighted by Gasteiger charge is 2.17. The first kappa shape index (κ1) is 12.7. The zero-order chi connectivity index (χ0) is 13.1. The minimum Gasteiger partial charge on any atom is -0.504 e. The Hall–Kier alpha value is -1.77. The van der Waals surface area contributed by atoms with Gasteiger partial charge in [-0.3, -0.25) is 4.68 Å². The monoisotopic (exact) mass is 244 g/mol. The van der Waals surface area contributed by atoms with Gasteiger partial charge in [-0.15, -0.1) is 0 Å². The van der Waals surface area contributed by atoms with E-state index in [1.807, 2.05) is 41.9 Å². The number of aromatic nitrogens is 2. The van der Waals surface area contributed by atoms with Gasteiger partial charge in [-0.1, -0.05) is 51.1 Å². The molecular formula is C15H20N2O. The molecule has 3 heteroatoms. The standard InChI is InChI=1S/C15H20N2O/c1-4-13-15(18)14(12-8-6-5-7-9-12)17(16-13)10-11(2)3/h5-9,11,18H,4,10H2,1-3H3. The molecular weight excluding hydrogens is 224 g/mol. The molecule has 0 amide bonds. The van der Waals surface area contributed by atoms with E-state index in [2.05, 4.69) is 18.9 Å². The van der Waals surface area contributed by atoms with Crippen LogP contribution in [0.3, 0.4) is 0 Å². The van der Waals surface area contributed by atoms with Crippen LogP contribution in [0, 0.1) is 5.92 Å². The van der Waals surface area contributed by atoms with Crippen LogP contribution in [-0.2, 0) is 13.0 Å². The average Bonchev–Trinajstić information content (AvgIpc) is 2.66. The van der Waals surface area contributed by atoms with E-state index in [-0.39, 0.29) is 0 Å². The SMILES string of the molecule is CCc1nn(CC(C)C)c(-c2ccccc2)c1O. The molecule has 3 nitrogen and oxygen atoms in total. The van der Waals surface area contributed by atoms with Crippen molar-refractivity contribution in [1.29, 1.82) is 0 Å². The Bertz CT molecular complexity index is 515. The number of hydrogen-bond donors (Lipinski definition) is 1. The smallest absolute Gasteiger partial charge is 0.164 e. The molecule has 0 aliphatic rings. The Labute approximate surface area is 108 Å². The molecule has 0 spiro atoms. The second-order valence-electron chi connectivity index (χ2n) is 4.94. The fraction of sp³-hybridized carbons (Fsp3) is 0.400. The Kier molecular flexibility index (Phi) is 3.70. The normalized spacial score (nSPS) is 11.1. The molecule has 1 aromatic carbocycles. The van der Waals surface area contributed by atoms with Crippen molar-refractivity contribution in [3.05, 3.63) is 36.0 Å². The van der Waals surface area contributed by atoms with Crippen molar-refractivity contribution in [2.45, 2.75) is 33.7 Å². The van der Waals surface area contributed by atoms with Gasteiger partial charge < -0.3 is 5.11 Å². The van der Waals surface area contributed by atoms with E-state index in [0.29, 0.717) is 11.7 Å². The summed E-state index contributed by atoms with van der Waals surface area (Å²) < 4.78 is 1.92. The maximum atomic E-state index is 10.3. The zero-order valence-corrected chi connectivity index (χ0v) is 11.2. The predicted octanol–water partition coefficient (Wildman–Crippen LogP) is 3.47. The summed E-state index contributed by atoms with van der Waals surface area (Å²) in [5, 5.41) is 14.8. The second-order valence-corrected chi connectivity index (χ2v) is 4.94. The first-order chi connectivity index (χ1) is 8.63. The average molecular weight is 244 g/mol. The molecule has 0 radical (unpaired) electrons. The maximum absolute atomic E-state index is 10.3. The van der Waals surface area contributed by atoms with Crippen LogP contribution in [0.4, 0.5) is 0 Å². The lowest BCUT2D eigenvalue weighted by atomic mass is 10.1. The molecule has 18 heavy (non-hydrogen) atoms. The summed E-state index contributed by atoms with van der Waals surface area (Å²) in [6, 6.07) is 9.95. The molecule has 0 fully saturated rings. The van der Waals surface area contributed by atoms with Gasteiger partial charge in [-0.2, -0.15) is 5.10 Å². The predicted molar refractivity (Wildman–Crippen MR) is 73.5 cm³/mol. The van der Waals surface area contributed by atoms with Crippen molar-refractivity contribution in [2.24, 2.45) is 5.92 Å². The Balaban J connectivity index is 2.53. The van der Waals surface area contributed by atoms with Gasteiger partial charge >= 0.3 is 0 Å². The van der Waals surface area contributed by atoms with Gasteiger partial charge in [0, 0.05) is 12.1 Å². The molecule has 0 aliphatic heterocycles. The molecule has 0 atom stereocenters. The van der Waals surface area contributed by atoms with Crippen LogP contribution < -0.4 is 0 Å². The van der Waals surface area contributed by atoms with Crippen molar-refractivity contribution in [3.8, 4) is 17.0 Å². The number of nitrogens with zero attached hydrogens (tertiary/aromatic N) is 2. The maximum Gasteiger partial charge on any atom is 0.164 e. The summed E-state index contributed by atoms with van der Waals surface area (Å²) >= 11 is 0. The number of aryl methyl sites for hydroxylation is 1. The lowest BCUT2D eigenvalue weighted by molar-refractivity contribution is 0.466. The Morgan fingerprint density at radius 3 is 2.44 bits per heavy atom. The van der Waals surface area contributed by atoms with Crippen molar-refractivity contribution < 1.29 is 5.11 Å². The van der Waals surface area contributed by atoms with Crippen LogP contribution in [0.2, 0.25) is 0 Å². The molecule has 1 heterocycles. The molecule has 2 rings (SSSR count). The van der Waals surface area contributed by atoms with Crippen LogP contribution >= 0.6 is 0 Å². The lowest BCUT2D eigenvalue weighted by Crippen LogP contribution is -2.08. The van der Waals surface area contributed by atoms with Crippen molar-refractivity contribution in [2.75, 3.05) is 0 Å². The summed E-state index contributed by atoms with van der Waals surface area (Å²) in [6.45, 7) is 7.13. The first-order valence-electron chi connectivity index (χ1n) is 6.47. The second kappa shape index (κ2) is 5.25. The van der Waals surface area contributed by atoms with Gasteiger partial charge in [0.25, 0.3) is 0 Å². The Morgan fingerprint density at radius 2 is 1.89 bits per heavy atom. The molecule has 0 aliphatic carbocycles. The van der Waals surface area contributed by atoms with Gasteiger partial charge in [-0.25, -0.2) is 0 Å². The van der Waals surface area contributed by atoms with Gasteiger partial charge in [0.1, 0.15) is 11.4 Å². The molecule has 0 saturated carbocycles. The van der Waals surface area contributed by atoms with Gasteiger partial charge in [0.2, 0.25) is 0 Å². The van der Waals surface area contributed by atoms with E-state index in [1.54, 1.807) is 0 Å². The minimum atomic E-state index is 0.323. The number of aromatic hydroxyl groups is 1. The molecule has 0 bridgehead atoms. The van der Waals surface area contributed by atoms with Crippen molar-refractivity contribution in [1.82, 2.24) is 9.78 Å². The summed E-state index contributed by atoms with van der Waals surface area (Å²) in [7, 11) is 0. The highest BCUT2D eigenvalue weighted by Crippen LogP contribution is 2.32. The largest absolute Gasteiger partial charge is 0.504 e. The van der Waals surface area contributed by atoms with Crippen LogP contribution in [0.15, 0.2) is 30.3 Å². The number of hydrogen-bond acceptors (Lipinski definition) is 2. The van der Waals surface area contributed by atoms with E-state index in [9.17, 15) is 5.11 Å². The lowest BCUT2D eigenvalue weighted by Gasteiger charge is -2.10. The zero-order valence-electron chi connectivity index (χ0n) is 11.2. The fourth-order valence-corrected chi connectivity index (χ4v) is 2.10. The quantitative estimate of drug-likeness (QED) is 0.894. The Morgan fingerprint density at radius 1 is 1.22 bits per heavy atom. The highest BCUT2D eigenvalue weighted by molar-refractivity contribution is 5.67. The first-order valence-corrected chi connectivity index (χ1v) is 6.47. The van der Waals surface area contributed by atoms with Crippen LogP contribution in [-0.4, -0.2) is 14.9 Å². The van der Waals surface area contributed by atoms with Crippen molar-refractivity contribution in [3.63, 3.8) is 0 Å². The van der Waals surface area contributed by atoms with E-state index in [0.717, 1.165) is 29.9 Å². The third-order valence-corrected chi connectivity index (χ3v) is 2.92.